The zero-order chi connectivity index (χ0) is 10.9. The maximum Gasteiger partial charge on any atom is 0.132 e. The Bertz CT molecular complexity index is 361. The van der Waals surface area contributed by atoms with Crippen molar-refractivity contribution in [2.24, 2.45) is 5.73 Å². The van der Waals surface area contributed by atoms with Crippen molar-refractivity contribution in [3.05, 3.63) is 35.1 Å². The van der Waals surface area contributed by atoms with Crippen molar-refractivity contribution >= 4 is 0 Å². The molecule has 0 radical (unpaired) electrons. The standard InChI is InChI=1S/C12H16FNO/c1-15-7-9-3-2-4-10(11(9)13)12(8-14)5-6-12/h2-4H,5-8,14H2,1H3. The summed E-state index contributed by atoms with van der Waals surface area (Å²) < 4.78 is 19.0. The quantitative estimate of drug-likeness (QED) is 0.822. The van der Waals surface area contributed by atoms with E-state index in [-0.39, 0.29) is 11.2 Å². The van der Waals surface area contributed by atoms with Gasteiger partial charge in [-0.15, -0.1) is 0 Å². The van der Waals surface area contributed by atoms with Crippen molar-refractivity contribution in [3.63, 3.8) is 0 Å². The molecule has 0 heterocycles. The fraction of sp³-hybridized carbons (Fsp3) is 0.500. The van der Waals surface area contributed by atoms with Crippen LogP contribution in [0.3, 0.4) is 0 Å². The van der Waals surface area contributed by atoms with Gasteiger partial charge in [-0.25, -0.2) is 4.39 Å². The fourth-order valence-corrected chi connectivity index (χ4v) is 1.99. The van der Waals surface area contributed by atoms with Crippen molar-refractivity contribution in [1.82, 2.24) is 0 Å². The molecule has 1 saturated carbocycles. The molecule has 2 rings (SSSR count). The van der Waals surface area contributed by atoms with Gasteiger partial charge in [0.05, 0.1) is 6.61 Å². The van der Waals surface area contributed by atoms with E-state index in [2.05, 4.69) is 0 Å². The minimum absolute atomic E-state index is 0.0894. The van der Waals surface area contributed by atoms with Crippen molar-refractivity contribution in [1.29, 1.82) is 0 Å². The first-order valence-corrected chi connectivity index (χ1v) is 5.20. The second-order valence-corrected chi connectivity index (χ2v) is 4.20. The minimum atomic E-state index is -0.137. The monoisotopic (exact) mass is 209 g/mol. The Morgan fingerprint density at radius 2 is 2.20 bits per heavy atom. The van der Waals surface area contributed by atoms with Crippen LogP contribution >= 0.6 is 0 Å². The van der Waals surface area contributed by atoms with Crippen molar-refractivity contribution < 1.29 is 9.13 Å². The summed E-state index contributed by atoms with van der Waals surface area (Å²) in [5.41, 5.74) is 6.99. The van der Waals surface area contributed by atoms with E-state index in [4.69, 9.17) is 10.5 Å². The molecule has 82 valence electrons. The van der Waals surface area contributed by atoms with Crippen LogP contribution in [0.4, 0.5) is 4.39 Å². The Morgan fingerprint density at radius 3 is 2.73 bits per heavy atom. The highest BCUT2D eigenvalue weighted by Crippen LogP contribution is 2.48. The van der Waals surface area contributed by atoms with Crippen LogP contribution in [0.15, 0.2) is 18.2 Å². The van der Waals surface area contributed by atoms with Gasteiger partial charge in [0.2, 0.25) is 0 Å². The van der Waals surface area contributed by atoms with Crippen LogP contribution in [0.25, 0.3) is 0 Å². The van der Waals surface area contributed by atoms with E-state index in [1.54, 1.807) is 13.2 Å². The van der Waals surface area contributed by atoms with Crippen LogP contribution in [0.2, 0.25) is 0 Å². The molecule has 0 amide bonds. The minimum Gasteiger partial charge on any atom is -0.380 e. The van der Waals surface area contributed by atoms with E-state index in [1.807, 2.05) is 12.1 Å². The number of hydrogen-bond donors (Lipinski definition) is 1. The third-order valence-corrected chi connectivity index (χ3v) is 3.19. The molecule has 3 heteroatoms. The predicted molar refractivity (Wildman–Crippen MR) is 57.1 cm³/mol. The first-order chi connectivity index (χ1) is 7.23. The third-order valence-electron chi connectivity index (χ3n) is 3.19. The van der Waals surface area contributed by atoms with Crippen LogP contribution in [-0.4, -0.2) is 13.7 Å². The summed E-state index contributed by atoms with van der Waals surface area (Å²) in [4.78, 5) is 0. The van der Waals surface area contributed by atoms with Crippen LogP contribution in [-0.2, 0) is 16.8 Å². The molecule has 2 N–H and O–H groups in total. The fourth-order valence-electron chi connectivity index (χ4n) is 1.99. The van der Waals surface area contributed by atoms with Crippen LogP contribution in [0.5, 0.6) is 0 Å². The highest BCUT2D eigenvalue weighted by molar-refractivity contribution is 5.36. The van der Waals surface area contributed by atoms with Gasteiger partial charge in [0.1, 0.15) is 5.82 Å². The maximum absolute atomic E-state index is 14.0. The predicted octanol–water partition coefficient (Wildman–Crippen LogP) is 1.96. The summed E-state index contributed by atoms with van der Waals surface area (Å²) >= 11 is 0. The first-order valence-electron chi connectivity index (χ1n) is 5.20. The van der Waals surface area contributed by atoms with Crippen LogP contribution in [0, 0.1) is 5.82 Å². The molecule has 1 aromatic rings. The van der Waals surface area contributed by atoms with Crippen LogP contribution < -0.4 is 5.73 Å². The lowest BCUT2D eigenvalue weighted by Gasteiger charge is -2.15. The topological polar surface area (TPSA) is 35.2 Å². The number of rotatable bonds is 4. The average Bonchev–Trinajstić information content (AvgIpc) is 3.02. The molecule has 0 atom stereocenters. The molecule has 0 unspecified atom stereocenters. The number of benzene rings is 1. The van der Waals surface area contributed by atoms with Gasteiger partial charge in [-0.05, 0) is 18.4 Å². The Kier molecular flexibility index (Phi) is 2.76. The molecule has 2 nitrogen and oxygen atoms in total. The van der Waals surface area contributed by atoms with Gasteiger partial charge in [0.25, 0.3) is 0 Å². The molecule has 0 bridgehead atoms. The molecule has 0 aromatic heterocycles. The molecule has 1 aliphatic carbocycles. The summed E-state index contributed by atoms with van der Waals surface area (Å²) in [6, 6.07) is 5.48. The summed E-state index contributed by atoms with van der Waals surface area (Å²) in [6.45, 7) is 0.848. The van der Waals surface area contributed by atoms with Gasteiger partial charge in [-0.1, -0.05) is 18.2 Å². The zero-order valence-corrected chi connectivity index (χ0v) is 8.92. The largest absolute Gasteiger partial charge is 0.380 e. The molecular formula is C12H16FNO. The van der Waals surface area contributed by atoms with Gasteiger partial charge in [-0.3, -0.25) is 0 Å². The lowest BCUT2D eigenvalue weighted by molar-refractivity contribution is 0.181. The second-order valence-electron chi connectivity index (χ2n) is 4.20. The van der Waals surface area contributed by atoms with E-state index in [1.165, 1.54) is 0 Å². The van der Waals surface area contributed by atoms with Crippen molar-refractivity contribution in [2.45, 2.75) is 24.9 Å². The van der Waals surface area contributed by atoms with Gasteiger partial charge in [0, 0.05) is 24.6 Å². The molecule has 0 aliphatic heterocycles. The molecule has 0 saturated heterocycles. The second kappa shape index (κ2) is 3.91. The zero-order valence-electron chi connectivity index (χ0n) is 8.92. The Balaban J connectivity index is 2.36. The lowest BCUT2D eigenvalue weighted by Crippen LogP contribution is -2.21. The number of halogens is 1. The van der Waals surface area contributed by atoms with Crippen molar-refractivity contribution in [3.8, 4) is 0 Å². The molecule has 1 fully saturated rings. The summed E-state index contributed by atoms with van der Waals surface area (Å²) in [6.07, 6.45) is 1.99. The van der Waals surface area contributed by atoms with Crippen LogP contribution in [0.1, 0.15) is 24.0 Å². The molecule has 0 spiro atoms. The molecule has 15 heavy (non-hydrogen) atoms. The van der Waals surface area contributed by atoms with Gasteiger partial charge in [-0.2, -0.15) is 0 Å². The smallest absolute Gasteiger partial charge is 0.132 e. The normalized spacial score (nSPS) is 17.8. The molecule has 1 aliphatic rings. The van der Waals surface area contributed by atoms with E-state index in [0.29, 0.717) is 18.7 Å². The summed E-state index contributed by atoms with van der Waals surface area (Å²) in [5, 5.41) is 0. The van der Waals surface area contributed by atoms with E-state index in [0.717, 1.165) is 18.4 Å². The Labute approximate surface area is 89.2 Å². The van der Waals surface area contributed by atoms with E-state index < -0.39 is 0 Å². The number of methoxy groups -OCH3 is 1. The Hall–Kier alpha value is -0.930. The summed E-state index contributed by atoms with van der Waals surface area (Å²) in [7, 11) is 1.57. The third kappa shape index (κ3) is 1.77. The number of hydrogen-bond acceptors (Lipinski definition) is 2. The summed E-state index contributed by atoms with van der Waals surface area (Å²) in [5.74, 6) is -0.137. The lowest BCUT2D eigenvalue weighted by atomic mass is 9.94. The van der Waals surface area contributed by atoms with Crippen molar-refractivity contribution in [2.75, 3.05) is 13.7 Å². The van der Waals surface area contributed by atoms with Gasteiger partial charge in [0.15, 0.2) is 0 Å². The van der Waals surface area contributed by atoms with E-state index in [9.17, 15) is 4.39 Å². The van der Waals surface area contributed by atoms with Gasteiger partial charge < -0.3 is 10.5 Å². The Morgan fingerprint density at radius 1 is 1.47 bits per heavy atom. The maximum atomic E-state index is 14.0. The highest BCUT2D eigenvalue weighted by Gasteiger charge is 2.44. The molecular weight excluding hydrogens is 193 g/mol. The van der Waals surface area contributed by atoms with Gasteiger partial charge >= 0.3 is 0 Å². The number of nitrogens with two attached hydrogens (primary N) is 1. The first kappa shape index (κ1) is 10.6. The SMILES string of the molecule is COCc1cccc(C2(CN)CC2)c1F. The van der Waals surface area contributed by atoms with E-state index >= 15 is 0 Å². The number of ether oxygens (including phenoxy) is 1. The average molecular weight is 209 g/mol. The highest BCUT2D eigenvalue weighted by atomic mass is 19.1. The molecule has 1 aromatic carbocycles.